The van der Waals surface area contributed by atoms with Crippen molar-refractivity contribution < 1.29 is 5.11 Å². The molecule has 1 aliphatic heterocycles. The molecule has 0 aliphatic carbocycles. The number of aromatic nitrogens is 6. The van der Waals surface area contributed by atoms with Crippen LogP contribution < -0.4 is 10.6 Å². The number of aliphatic hydroxyl groups excluding tert-OH is 1. The summed E-state index contributed by atoms with van der Waals surface area (Å²) >= 11 is 0. The van der Waals surface area contributed by atoms with E-state index >= 15 is 0 Å². The van der Waals surface area contributed by atoms with Crippen LogP contribution in [0.25, 0.3) is 0 Å². The fourth-order valence-corrected chi connectivity index (χ4v) is 3.11. The van der Waals surface area contributed by atoms with E-state index in [2.05, 4.69) is 25.1 Å². The number of aliphatic hydroxyl groups is 1. The summed E-state index contributed by atoms with van der Waals surface area (Å²) < 4.78 is 3.60. The van der Waals surface area contributed by atoms with E-state index in [1.54, 1.807) is 36.3 Å². The minimum Gasteiger partial charge on any atom is -0.384 e. The Hall–Kier alpha value is -2.94. The normalized spacial score (nSPS) is 15.7. The molecule has 3 N–H and O–H groups in total. The van der Waals surface area contributed by atoms with Gasteiger partial charge in [-0.15, -0.1) is 0 Å². The van der Waals surface area contributed by atoms with Crippen LogP contribution >= 0.6 is 0 Å². The van der Waals surface area contributed by atoms with Gasteiger partial charge in [-0.05, 0) is 24.6 Å². The van der Waals surface area contributed by atoms with Crippen LogP contribution in [0.1, 0.15) is 29.6 Å². The molecule has 0 saturated carbocycles. The largest absolute Gasteiger partial charge is 0.384 e. The lowest BCUT2D eigenvalue weighted by molar-refractivity contribution is 0.203. The topological polar surface area (TPSA) is 111 Å². The molecule has 3 aromatic rings. The summed E-state index contributed by atoms with van der Waals surface area (Å²) in [7, 11) is 1.80. The maximum absolute atomic E-state index is 10.6. The van der Waals surface area contributed by atoms with Crippen molar-refractivity contribution in [3.05, 3.63) is 47.7 Å². The average Bonchev–Trinajstić information content (AvgIpc) is 3.15. The van der Waals surface area contributed by atoms with Crippen LogP contribution in [0.4, 0.5) is 11.8 Å². The predicted octanol–water partition coefficient (Wildman–Crippen LogP) is 0.481. The Kier molecular flexibility index (Phi) is 3.85. The molecule has 4 heterocycles. The number of anilines is 2. The summed E-state index contributed by atoms with van der Waals surface area (Å²) in [6.07, 6.45) is 3.44. The number of fused-ring (bicyclic) bond motifs is 1. The monoisotopic (exact) mass is 340 g/mol. The Morgan fingerprint density at radius 1 is 1.24 bits per heavy atom. The molecule has 0 saturated heterocycles. The van der Waals surface area contributed by atoms with Gasteiger partial charge in [0.15, 0.2) is 0 Å². The van der Waals surface area contributed by atoms with Gasteiger partial charge in [0.1, 0.15) is 11.9 Å². The van der Waals surface area contributed by atoms with Crippen LogP contribution in [0.3, 0.4) is 0 Å². The number of hydrogen-bond acceptors (Lipinski definition) is 7. The van der Waals surface area contributed by atoms with Crippen molar-refractivity contribution in [3.63, 3.8) is 0 Å². The van der Waals surface area contributed by atoms with Crippen molar-refractivity contribution in [3.8, 4) is 0 Å². The lowest BCUT2D eigenvalue weighted by Crippen LogP contribution is -2.24. The first-order chi connectivity index (χ1) is 12.1. The van der Waals surface area contributed by atoms with E-state index in [4.69, 9.17) is 5.73 Å². The quantitative estimate of drug-likeness (QED) is 0.713. The Labute approximate surface area is 144 Å². The molecule has 0 aromatic carbocycles. The number of nitrogens with zero attached hydrogens (tertiary/aromatic N) is 7. The third-order valence-corrected chi connectivity index (χ3v) is 4.40. The standard InChI is InChI=1S/C16H20N8O/c1-22-13(3-6-19-22)15(25)12-9-11-10-23(7-2-8-24(11)21-12)16-18-5-4-14(17)20-16/h3-6,9,15,25H,2,7-8,10H2,1H3,(H2,17,18,20)/t15-/m0/s1. The third kappa shape index (κ3) is 2.93. The summed E-state index contributed by atoms with van der Waals surface area (Å²) in [5, 5.41) is 19.3. The fourth-order valence-electron chi connectivity index (χ4n) is 3.11. The number of nitrogen functional groups attached to an aromatic ring is 1. The minimum atomic E-state index is -0.802. The van der Waals surface area contributed by atoms with Crippen LogP contribution in [0.5, 0.6) is 0 Å². The van der Waals surface area contributed by atoms with Crippen molar-refractivity contribution in [2.24, 2.45) is 7.05 Å². The summed E-state index contributed by atoms with van der Waals surface area (Å²) in [5.41, 5.74) is 8.12. The highest BCUT2D eigenvalue weighted by Gasteiger charge is 2.23. The van der Waals surface area contributed by atoms with Crippen LogP contribution in [0.15, 0.2) is 30.6 Å². The lowest BCUT2D eigenvalue weighted by Gasteiger charge is -2.19. The van der Waals surface area contributed by atoms with Gasteiger partial charge in [0.2, 0.25) is 5.95 Å². The minimum absolute atomic E-state index is 0.454. The Bertz CT molecular complexity index is 886. The van der Waals surface area contributed by atoms with E-state index in [1.165, 1.54) is 0 Å². The van der Waals surface area contributed by atoms with Gasteiger partial charge in [0.25, 0.3) is 0 Å². The highest BCUT2D eigenvalue weighted by atomic mass is 16.3. The van der Waals surface area contributed by atoms with Gasteiger partial charge in [-0.25, -0.2) is 4.98 Å². The molecule has 0 amide bonds. The van der Waals surface area contributed by atoms with E-state index in [1.807, 2.05) is 10.7 Å². The molecule has 4 rings (SSSR count). The molecular formula is C16H20N8O. The van der Waals surface area contributed by atoms with Crippen LogP contribution in [-0.2, 0) is 20.1 Å². The van der Waals surface area contributed by atoms with E-state index in [0.29, 0.717) is 29.7 Å². The van der Waals surface area contributed by atoms with Gasteiger partial charge in [-0.1, -0.05) is 0 Å². The Balaban J connectivity index is 1.62. The Morgan fingerprint density at radius 2 is 2.12 bits per heavy atom. The molecule has 0 unspecified atom stereocenters. The van der Waals surface area contributed by atoms with Crippen molar-refractivity contribution >= 4 is 11.8 Å². The summed E-state index contributed by atoms with van der Waals surface area (Å²) in [6.45, 7) is 2.23. The van der Waals surface area contributed by atoms with Crippen molar-refractivity contribution in [2.45, 2.75) is 25.6 Å². The average molecular weight is 340 g/mol. The number of hydrogen-bond donors (Lipinski definition) is 2. The van der Waals surface area contributed by atoms with Crippen LogP contribution in [0, 0.1) is 0 Å². The SMILES string of the molecule is Cn1nccc1[C@@H](O)c1cc2n(n1)CCCN(c1nccc(N)n1)C2. The first-order valence-electron chi connectivity index (χ1n) is 8.18. The van der Waals surface area contributed by atoms with Gasteiger partial charge in [0, 0.05) is 32.5 Å². The molecular weight excluding hydrogens is 320 g/mol. The zero-order valence-corrected chi connectivity index (χ0v) is 13.9. The number of rotatable bonds is 3. The van der Waals surface area contributed by atoms with Gasteiger partial charge < -0.3 is 15.7 Å². The van der Waals surface area contributed by atoms with Gasteiger partial charge in [-0.2, -0.15) is 15.2 Å². The molecule has 0 fully saturated rings. The third-order valence-electron chi connectivity index (χ3n) is 4.40. The van der Waals surface area contributed by atoms with Crippen molar-refractivity contribution in [2.75, 3.05) is 17.2 Å². The number of aryl methyl sites for hydroxylation is 2. The molecule has 1 atom stereocenters. The molecule has 130 valence electrons. The number of nitrogens with two attached hydrogens (primary N) is 1. The smallest absolute Gasteiger partial charge is 0.227 e. The molecule has 9 heteroatoms. The van der Waals surface area contributed by atoms with E-state index in [0.717, 1.165) is 25.2 Å². The first kappa shape index (κ1) is 15.6. The Morgan fingerprint density at radius 3 is 2.88 bits per heavy atom. The first-order valence-corrected chi connectivity index (χ1v) is 8.18. The van der Waals surface area contributed by atoms with Crippen molar-refractivity contribution in [1.82, 2.24) is 29.5 Å². The summed E-state index contributed by atoms with van der Waals surface area (Å²) in [4.78, 5) is 10.7. The second kappa shape index (κ2) is 6.17. The second-order valence-electron chi connectivity index (χ2n) is 6.12. The van der Waals surface area contributed by atoms with E-state index < -0.39 is 6.10 Å². The molecule has 9 nitrogen and oxygen atoms in total. The van der Waals surface area contributed by atoms with E-state index in [9.17, 15) is 5.11 Å². The van der Waals surface area contributed by atoms with Crippen LogP contribution in [-0.4, -0.2) is 41.2 Å². The zero-order valence-electron chi connectivity index (χ0n) is 13.9. The molecule has 0 bridgehead atoms. The van der Waals surface area contributed by atoms with Crippen molar-refractivity contribution in [1.29, 1.82) is 0 Å². The molecule has 25 heavy (non-hydrogen) atoms. The molecule has 0 radical (unpaired) electrons. The fraction of sp³-hybridized carbons (Fsp3) is 0.375. The molecule has 1 aliphatic rings. The maximum atomic E-state index is 10.6. The maximum Gasteiger partial charge on any atom is 0.227 e. The highest BCUT2D eigenvalue weighted by Crippen LogP contribution is 2.24. The highest BCUT2D eigenvalue weighted by molar-refractivity contribution is 5.38. The second-order valence-corrected chi connectivity index (χ2v) is 6.12. The predicted molar refractivity (Wildman–Crippen MR) is 91.6 cm³/mol. The van der Waals surface area contributed by atoms with Gasteiger partial charge in [-0.3, -0.25) is 9.36 Å². The van der Waals surface area contributed by atoms with Crippen LogP contribution in [0.2, 0.25) is 0 Å². The lowest BCUT2D eigenvalue weighted by atomic mass is 10.2. The van der Waals surface area contributed by atoms with E-state index in [-0.39, 0.29) is 0 Å². The molecule has 0 spiro atoms. The zero-order chi connectivity index (χ0) is 17.4. The van der Waals surface area contributed by atoms with Gasteiger partial charge in [0.05, 0.1) is 23.6 Å². The molecule has 3 aromatic heterocycles. The van der Waals surface area contributed by atoms with Gasteiger partial charge >= 0.3 is 0 Å². The summed E-state index contributed by atoms with van der Waals surface area (Å²) in [5.74, 6) is 1.07. The summed E-state index contributed by atoms with van der Waals surface area (Å²) in [6, 6.07) is 5.40.